The molecule has 4 aromatic rings. The van der Waals surface area contributed by atoms with Gasteiger partial charge < -0.3 is 10.4 Å². The second-order valence-electron chi connectivity index (χ2n) is 8.77. The molecule has 2 aromatic carbocycles. The predicted octanol–water partition coefficient (Wildman–Crippen LogP) is 5.46. The van der Waals surface area contributed by atoms with Crippen LogP contribution in [0.3, 0.4) is 0 Å². The number of aliphatic carboxylic acids is 1. The Kier molecular flexibility index (Phi) is 5.70. The van der Waals surface area contributed by atoms with Crippen molar-refractivity contribution in [2.45, 2.75) is 11.6 Å². The number of hydrogen-bond acceptors (Lipinski definition) is 5. The molecular weight excluding hydrogens is 492 g/mol. The van der Waals surface area contributed by atoms with Gasteiger partial charge in [0.15, 0.2) is 0 Å². The number of alkyl halides is 1. The van der Waals surface area contributed by atoms with Crippen LogP contribution in [-0.4, -0.2) is 34.1 Å². The van der Waals surface area contributed by atoms with Crippen LogP contribution in [0.15, 0.2) is 72.8 Å². The smallest absolute Gasteiger partial charge is 0.315 e. The van der Waals surface area contributed by atoms with Gasteiger partial charge in [-0.3, -0.25) is 4.79 Å². The van der Waals surface area contributed by atoms with Gasteiger partial charge in [0.05, 0.1) is 11.1 Å². The Morgan fingerprint density at radius 1 is 1.06 bits per heavy atom. The third-order valence-electron chi connectivity index (χ3n) is 6.74. The maximum atomic E-state index is 15.1. The number of fused-ring (bicyclic) bond motifs is 1. The van der Waals surface area contributed by atoms with Crippen LogP contribution in [-0.2, 0) is 10.2 Å². The van der Waals surface area contributed by atoms with Gasteiger partial charge >= 0.3 is 5.97 Å². The topological polar surface area (TPSA) is 75.1 Å². The number of nitrogens with zero attached hydrogens (tertiary/aromatic N) is 2. The van der Waals surface area contributed by atoms with Crippen LogP contribution in [0.25, 0.3) is 20.9 Å². The maximum absolute atomic E-state index is 15.1. The molecular formula is C26H20ClF2N3O2S. The van der Waals surface area contributed by atoms with E-state index in [1.807, 2.05) is 30.3 Å². The molecule has 0 spiro atoms. The molecule has 1 aliphatic heterocycles. The Balaban J connectivity index is 0.00000253. The first-order valence-electron chi connectivity index (χ1n) is 10.8. The average Bonchev–Trinajstić information content (AvgIpc) is 3.51. The summed E-state index contributed by atoms with van der Waals surface area (Å²) in [6.07, 6.45) is 2.40. The van der Waals surface area contributed by atoms with Gasteiger partial charge in [-0.2, -0.15) is 0 Å². The lowest BCUT2D eigenvalue weighted by molar-refractivity contribution is -0.158. The summed E-state index contributed by atoms with van der Waals surface area (Å²) in [6, 6.07) is 17.9. The molecule has 2 N–H and O–H groups in total. The number of halogens is 3. The molecule has 5 nitrogen and oxygen atoms in total. The molecule has 0 saturated carbocycles. The normalized spacial score (nSPS) is 17.9. The van der Waals surface area contributed by atoms with Crippen LogP contribution in [0.5, 0.6) is 0 Å². The number of thiazole rings is 1. The average molecular weight is 512 g/mol. The highest BCUT2D eigenvalue weighted by atomic mass is 35.5. The Labute approximate surface area is 210 Å². The largest absolute Gasteiger partial charge is 0.481 e. The van der Waals surface area contributed by atoms with Gasteiger partial charge in [-0.25, -0.2) is 18.7 Å². The standard InChI is InChI=1S/C26H19F2N3O2S.ClH/c27-18-12-15(21(28)26(24(32)33)13-29-14-26)6-7-17(18)22-30-19-8-9-20(31-23(19)34-22)25(10-11-25)16-4-2-1-3-5-16;/h1-12,21,29H,13-14H2,(H,32,33);1H. The number of carboxylic acid groups (broad SMARTS) is 1. The Morgan fingerprint density at radius 2 is 1.80 bits per heavy atom. The van der Waals surface area contributed by atoms with Crippen molar-refractivity contribution in [3.05, 3.63) is 95.5 Å². The van der Waals surface area contributed by atoms with E-state index in [0.29, 0.717) is 15.4 Å². The number of benzene rings is 2. The Bertz CT molecular complexity index is 1460. The van der Waals surface area contributed by atoms with Crippen molar-refractivity contribution >= 4 is 40.1 Å². The van der Waals surface area contributed by atoms with Crippen molar-refractivity contribution in [1.82, 2.24) is 15.3 Å². The van der Waals surface area contributed by atoms with Gasteiger partial charge in [0, 0.05) is 18.7 Å². The number of pyridine rings is 1. The van der Waals surface area contributed by atoms with Crippen LogP contribution in [0.2, 0.25) is 0 Å². The number of aromatic nitrogens is 2. The maximum Gasteiger partial charge on any atom is 0.315 e. The molecule has 178 valence electrons. The highest BCUT2D eigenvalue weighted by Crippen LogP contribution is 2.45. The van der Waals surface area contributed by atoms with Gasteiger partial charge in [-0.1, -0.05) is 59.9 Å². The van der Waals surface area contributed by atoms with Crippen LogP contribution in [0.4, 0.5) is 8.78 Å². The number of hydrogen-bond donors (Lipinski definition) is 2. The summed E-state index contributed by atoms with van der Waals surface area (Å²) in [6.45, 7) is 0.0240. The van der Waals surface area contributed by atoms with E-state index in [4.69, 9.17) is 4.98 Å². The molecule has 9 heteroatoms. The van der Waals surface area contributed by atoms with E-state index in [1.54, 1.807) is 0 Å². The summed E-state index contributed by atoms with van der Waals surface area (Å²) in [7, 11) is 0. The van der Waals surface area contributed by atoms with Crippen molar-refractivity contribution in [2.24, 2.45) is 5.41 Å². The van der Waals surface area contributed by atoms with Crippen molar-refractivity contribution in [1.29, 1.82) is 0 Å². The van der Waals surface area contributed by atoms with Crippen LogP contribution in [0.1, 0.15) is 23.0 Å². The lowest BCUT2D eigenvalue weighted by Gasteiger charge is -2.41. The van der Waals surface area contributed by atoms with Gasteiger partial charge in [-0.15, -0.1) is 12.4 Å². The van der Waals surface area contributed by atoms with Crippen molar-refractivity contribution in [3.8, 4) is 10.6 Å². The number of carbonyl (C=O) groups is 1. The fourth-order valence-corrected chi connectivity index (χ4v) is 5.45. The molecule has 2 aliphatic rings. The fraction of sp³-hybridized carbons (Fsp3) is 0.192. The van der Waals surface area contributed by atoms with Gasteiger partial charge in [0.25, 0.3) is 0 Å². The summed E-state index contributed by atoms with van der Waals surface area (Å²) >= 11 is 1.27. The highest BCUT2D eigenvalue weighted by molar-refractivity contribution is 7.21. The molecule has 6 rings (SSSR count). The molecule has 35 heavy (non-hydrogen) atoms. The van der Waals surface area contributed by atoms with E-state index in [-0.39, 0.29) is 42.0 Å². The van der Waals surface area contributed by atoms with E-state index < -0.39 is 23.4 Å². The number of nitrogens with one attached hydrogen (secondary N) is 1. The minimum atomic E-state index is -1.81. The lowest BCUT2D eigenvalue weighted by atomic mass is 9.74. The van der Waals surface area contributed by atoms with E-state index in [0.717, 1.165) is 17.3 Å². The molecule has 1 aliphatic carbocycles. The summed E-state index contributed by atoms with van der Waals surface area (Å²) in [5.41, 5.74) is 1.04. The molecule has 1 unspecified atom stereocenters. The zero-order valence-electron chi connectivity index (χ0n) is 18.2. The van der Waals surface area contributed by atoms with E-state index in [1.165, 1.54) is 23.5 Å². The number of allylic oxidation sites excluding steroid dienone is 2. The molecule has 1 fully saturated rings. The first kappa shape index (κ1) is 23.5. The SMILES string of the molecule is Cl.O=C(O)C1(C(F)c2ccc(-c3nc4ccc(C5(c6ccccc6)C=C5)nc4s3)c(F)c2)CNC1. The first-order chi connectivity index (χ1) is 16.4. The third kappa shape index (κ3) is 3.64. The Morgan fingerprint density at radius 3 is 2.40 bits per heavy atom. The summed E-state index contributed by atoms with van der Waals surface area (Å²) < 4.78 is 30.1. The van der Waals surface area contributed by atoms with Crippen LogP contribution in [0, 0.1) is 11.2 Å². The van der Waals surface area contributed by atoms with Crippen molar-refractivity contribution in [2.75, 3.05) is 13.1 Å². The predicted molar refractivity (Wildman–Crippen MR) is 133 cm³/mol. The minimum Gasteiger partial charge on any atom is -0.481 e. The third-order valence-corrected chi connectivity index (χ3v) is 7.74. The van der Waals surface area contributed by atoms with E-state index in [2.05, 4.69) is 34.6 Å². The highest BCUT2D eigenvalue weighted by Gasteiger charge is 2.52. The molecule has 0 bridgehead atoms. The van der Waals surface area contributed by atoms with E-state index in [9.17, 15) is 9.90 Å². The molecule has 0 amide bonds. The summed E-state index contributed by atoms with van der Waals surface area (Å²) in [4.78, 5) is 21.6. The van der Waals surface area contributed by atoms with Gasteiger partial charge in [-0.05, 0) is 35.4 Å². The lowest BCUT2D eigenvalue weighted by Crippen LogP contribution is -2.60. The molecule has 1 saturated heterocycles. The molecule has 1 atom stereocenters. The summed E-state index contributed by atoms with van der Waals surface area (Å²) in [5.74, 6) is -1.87. The molecule has 2 aromatic heterocycles. The fourth-order valence-electron chi connectivity index (χ4n) is 4.49. The Hall–Kier alpha value is -3.20. The summed E-state index contributed by atoms with van der Waals surface area (Å²) in [5, 5.41) is 12.7. The molecule has 0 radical (unpaired) electrons. The van der Waals surface area contributed by atoms with Crippen LogP contribution < -0.4 is 5.32 Å². The quantitative estimate of drug-likeness (QED) is 0.336. The second-order valence-corrected chi connectivity index (χ2v) is 9.75. The van der Waals surface area contributed by atoms with Gasteiger partial charge in [0.1, 0.15) is 32.8 Å². The van der Waals surface area contributed by atoms with Crippen molar-refractivity contribution < 1.29 is 18.7 Å². The van der Waals surface area contributed by atoms with E-state index >= 15 is 8.78 Å². The molecule has 3 heterocycles. The van der Waals surface area contributed by atoms with Gasteiger partial charge in [0.2, 0.25) is 0 Å². The zero-order valence-corrected chi connectivity index (χ0v) is 19.9. The second kappa shape index (κ2) is 8.48. The number of rotatable bonds is 6. The minimum absolute atomic E-state index is 0. The number of carboxylic acids is 1. The van der Waals surface area contributed by atoms with Crippen LogP contribution >= 0.6 is 23.7 Å². The first-order valence-corrected chi connectivity index (χ1v) is 11.7. The zero-order chi connectivity index (χ0) is 23.5. The van der Waals surface area contributed by atoms with Crippen molar-refractivity contribution in [3.63, 3.8) is 0 Å². The monoisotopic (exact) mass is 511 g/mol.